The molecule has 0 aromatic heterocycles. The van der Waals surface area contributed by atoms with E-state index in [4.69, 9.17) is 9.47 Å². The molecule has 1 unspecified atom stereocenters. The van der Waals surface area contributed by atoms with Gasteiger partial charge in [0.25, 0.3) is 5.91 Å². The number of nitrogens with one attached hydrogen (secondary N) is 1. The number of esters is 1. The first-order chi connectivity index (χ1) is 14.8. The Labute approximate surface area is 188 Å². The van der Waals surface area contributed by atoms with Crippen LogP contribution in [0.3, 0.4) is 0 Å². The molecule has 0 spiro atoms. The summed E-state index contributed by atoms with van der Waals surface area (Å²) >= 11 is 0. The minimum Gasteiger partial charge on any atom is -0.476 e. The van der Waals surface area contributed by atoms with Crippen LogP contribution in [0.4, 0.5) is 11.4 Å². The monoisotopic (exact) mass is 460 g/mol. The van der Waals surface area contributed by atoms with Crippen molar-refractivity contribution in [3.8, 4) is 5.75 Å². The van der Waals surface area contributed by atoms with Gasteiger partial charge < -0.3 is 14.8 Å². The third kappa shape index (κ3) is 4.88. The van der Waals surface area contributed by atoms with Crippen molar-refractivity contribution in [2.24, 2.45) is 0 Å². The molecule has 9 heteroatoms. The molecule has 32 heavy (non-hydrogen) atoms. The third-order valence-corrected chi connectivity index (χ3v) is 6.45. The minimum absolute atomic E-state index is 0.166. The van der Waals surface area contributed by atoms with Gasteiger partial charge in [-0.2, -0.15) is 0 Å². The highest BCUT2D eigenvalue weighted by Gasteiger charge is 2.36. The number of anilines is 2. The van der Waals surface area contributed by atoms with Crippen LogP contribution in [-0.4, -0.2) is 46.3 Å². The Morgan fingerprint density at radius 1 is 1.16 bits per heavy atom. The molecule has 1 atom stereocenters. The molecule has 0 radical (unpaired) electrons. The number of nitrogens with zero attached hydrogens (tertiary/aromatic N) is 1. The molecule has 0 bridgehead atoms. The summed E-state index contributed by atoms with van der Waals surface area (Å²) in [4.78, 5) is 24.8. The Kier molecular flexibility index (Phi) is 6.24. The van der Waals surface area contributed by atoms with Gasteiger partial charge >= 0.3 is 5.97 Å². The number of hydrogen-bond acceptors (Lipinski definition) is 6. The van der Waals surface area contributed by atoms with Crippen LogP contribution in [0.25, 0.3) is 0 Å². The van der Waals surface area contributed by atoms with Crippen molar-refractivity contribution in [1.82, 2.24) is 0 Å². The maximum absolute atomic E-state index is 13.0. The van der Waals surface area contributed by atoms with Crippen LogP contribution >= 0.6 is 0 Å². The van der Waals surface area contributed by atoms with Gasteiger partial charge in [-0.15, -0.1) is 0 Å². The summed E-state index contributed by atoms with van der Waals surface area (Å²) in [5, 5.41) is 2.74. The Morgan fingerprint density at radius 3 is 2.44 bits per heavy atom. The average Bonchev–Trinajstić information content (AvgIpc) is 2.72. The van der Waals surface area contributed by atoms with E-state index in [0.717, 1.165) is 17.4 Å². The maximum atomic E-state index is 13.0. The Hall–Kier alpha value is -3.07. The average molecular weight is 461 g/mol. The number of rotatable bonds is 4. The van der Waals surface area contributed by atoms with Crippen molar-refractivity contribution < 1.29 is 27.5 Å². The molecule has 1 aliphatic rings. The van der Waals surface area contributed by atoms with Gasteiger partial charge in [-0.05, 0) is 47.7 Å². The number of carbonyl (C=O) groups excluding carboxylic acids is 2. The molecule has 0 saturated carbocycles. The van der Waals surface area contributed by atoms with Gasteiger partial charge in [0.1, 0.15) is 5.75 Å². The second-order valence-electron chi connectivity index (χ2n) is 8.84. The zero-order valence-electron chi connectivity index (χ0n) is 19.1. The van der Waals surface area contributed by atoms with Gasteiger partial charge in [0, 0.05) is 5.69 Å². The van der Waals surface area contributed by atoms with E-state index in [1.165, 1.54) is 17.5 Å². The Bertz CT molecular complexity index is 1170. The molecule has 1 N–H and O–H groups in total. The smallest absolute Gasteiger partial charge is 0.337 e. The van der Waals surface area contributed by atoms with Crippen molar-refractivity contribution in [3.05, 3.63) is 53.1 Å². The molecule has 8 nitrogen and oxygen atoms in total. The molecule has 0 aliphatic carbocycles. The molecule has 0 saturated heterocycles. The quantitative estimate of drug-likeness (QED) is 0.703. The summed E-state index contributed by atoms with van der Waals surface area (Å²) in [5.74, 6) is -0.731. The van der Waals surface area contributed by atoms with E-state index < -0.39 is 28.0 Å². The predicted molar refractivity (Wildman–Crippen MR) is 123 cm³/mol. The maximum Gasteiger partial charge on any atom is 0.337 e. The lowest BCUT2D eigenvalue weighted by Gasteiger charge is -2.35. The first-order valence-corrected chi connectivity index (χ1v) is 11.9. The highest BCUT2D eigenvalue weighted by molar-refractivity contribution is 7.92. The number of aryl methyl sites for hydroxylation is 1. The number of ether oxygens (including phenoxy) is 2. The lowest BCUT2D eigenvalue weighted by molar-refractivity contribution is -0.122. The third-order valence-electron chi connectivity index (χ3n) is 5.30. The fourth-order valence-electron chi connectivity index (χ4n) is 3.38. The van der Waals surface area contributed by atoms with Crippen molar-refractivity contribution in [3.63, 3.8) is 0 Å². The van der Waals surface area contributed by atoms with E-state index in [-0.39, 0.29) is 17.5 Å². The zero-order chi connectivity index (χ0) is 23.8. The predicted octanol–water partition coefficient (Wildman–Crippen LogP) is 3.24. The van der Waals surface area contributed by atoms with E-state index in [9.17, 15) is 18.0 Å². The van der Waals surface area contributed by atoms with Crippen LogP contribution in [0.5, 0.6) is 5.75 Å². The van der Waals surface area contributed by atoms with Crippen molar-refractivity contribution in [2.75, 3.05) is 29.5 Å². The Balaban J connectivity index is 1.92. The van der Waals surface area contributed by atoms with Gasteiger partial charge in [0.2, 0.25) is 10.0 Å². The molecule has 1 amide bonds. The van der Waals surface area contributed by atoms with Crippen LogP contribution in [0.1, 0.15) is 42.3 Å². The molecular weight excluding hydrogens is 432 g/mol. The second kappa shape index (κ2) is 8.46. The van der Waals surface area contributed by atoms with E-state index >= 15 is 0 Å². The van der Waals surface area contributed by atoms with E-state index in [2.05, 4.69) is 5.32 Å². The topological polar surface area (TPSA) is 102 Å². The summed E-state index contributed by atoms with van der Waals surface area (Å²) in [7, 11) is -2.38. The molecule has 1 heterocycles. The number of sulfonamides is 1. The summed E-state index contributed by atoms with van der Waals surface area (Å²) in [6.07, 6.45) is 0.0315. The van der Waals surface area contributed by atoms with Crippen LogP contribution in [-0.2, 0) is 25.0 Å². The first kappa shape index (κ1) is 23.6. The number of amides is 1. The summed E-state index contributed by atoms with van der Waals surface area (Å²) in [5.41, 5.74) is 2.61. The van der Waals surface area contributed by atoms with Gasteiger partial charge in [-0.1, -0.05) is 32.9 Å². The lowest BCUT2D eigenvalue weighted by atomic mass is 9.86. The largest absolute Gasteiger partial charge is 0.476 e. The SMILES string of the molecule is COC(=O)c1ccc(C)c(NC(=O)C2CN(S(C)(=O)=O)c3cc(C(C)(C)C)ccc3O2)c1. The molecule has 3 rings (SSSR count). The number of benzene rings is 2. The van der Waals surface area contributed by atoms with E-state index in [1.807, 2.05) is 26.8 Å². The number of methoxy groups -OCH3 is 1. The lowest BCUT2D eigenvalue weighted by Crippen LogP contribution is -2.48. The van der Waals surface area contributed by atoms with Gasteiger partial charge in [-0.3, -0.25) is 9.10 Å². The highest BCUT2D eigenvalue weighted by atomic mass is 32.2. The van der Waals surface area contributed by atoms with Crippen LogP contribution in [0.15, 0.2) is 36.4 Å². The first-order valence-electron chi connectivity index (χ1n) is 10.1. The van der Waals surface area contributed by atoms with E-state index in [1.54, 1.807) is 31.2 Å². The summed E-state index contributed by atoms with van der Waals surface area (Å²) < 4.78 is 36.9. The van der Waals surface area contributed by atoms with Crippen molar-refractivity contribution >= 4 is 33.3 Å². The number of fused-ring (bicyclic) bond motifs is 1. The van der Waals surface area contributed by atoms with Gasteiger partial charge in [0.15, 0.2) is 6.10 Å². The van der Waals surface area contributed by atoms with Gasteiger partial charge in [-0.25, -0.2) is 13.2 Å². The van der Waals surface area contributed by atoms with Crippen molar-refractivity contribution in [1.29, 1.82) is 0 Å². The molecular formula is C23H28N2O6S. The zero-order valence-corrected chi connectivity index (χ0v) is 19.9. The minimum atomic E-state index is -3.66. The van der Waals surface area contributed by atoms with Crippen LogP contribution in [0, 0.1) is 6.92 Å². The molecule has 2 aromatic carbocycles. The number of carbonyl (C=O) groups is 2. The van der Waals surface area contributed by atoms with Crippen LogP contribution < -0.4 is 14.4 Å². The second-order valence-corrected chi connectivity index (χ2v) is 10.8. The van der Waals surface area contributed by atoms with Crippen molar-refractivity contribution in [2.45, 2.75) is 39.2 Å². The fourth-order valence-corrected chi connectivity index (χ4v) is 4.29. The highest BCUT2D eigenvalue weighted by Crippen LogP contribution is 2.38. The molecule has 0 fully saturated rings. The summed E-state index contributed by atoms with van der Waals surface area (Å²) in [6, 6.07) is 10.1. The number of hydrogen-bond donors (Lipinski definition) is 1. The molecule has 1 aliphatic heterocycles. The fraction of sp³-hybridized carbons (Fsp3) is 0.391. The van der Waals surface area contributed by atoms with Crippen LogP contribution in [0.2, 0.25) is 0 Å². The standard InChI is InChI=1S/C23H28N2O6S/c1-14-7-8-15(22(27)30-5)11-17(14)24-21(26)20-13-25(32(6,28)29)18-12-16(23(2,3)4)9-10-19(18)31-20/h7-12,20H,13H2,1-6H3,(H,24,26). The molecule has 172 valence electrons. The Morgan fingerprint density at radius 2 is 1.84 bits per heavy atom. The van der Waals surface area contributed by atoms with Gasteiger partial charge in [0.05, 0.1) is 31.2 Å². The van der Waals surface area contributed by atoms with E-state index in [0.29, 0.717) is 17.1 Å². The normalized spacial score (nSPS) is 16.1. The summed E-state index contributed by atoms with van der Waals surface area (Å²) in [6.45, 7) is 7.71. The molecule has 2 aromatic rings.